The van der Waals surface area contributed by atoms with E-state index in [-0.39, 0.29) is 24.5 Å². The molecule has 5 rings (SSSR count). The minimum absolute atomic E-state index is 0.0871. The van der Waals surface area contributed by atoms with Gasteiger partial charge in [0, 0.05) is 11.6 Å². The summed E-state index contributed by atoms with van der Waals surface area (Å²) < 4.78 is 10.8. The van der Waals surface area contributed by atoms with E-state index in [1.54, 1.807) is 13.0 Å². The van der Waals surface area contributed by atoms with Gasteiger partial charge in [-0.2, -0.15) is 0 Å². The SMILES string of the molecule is Cc1noc2nc(C3CC3)cc(C(=O)OC(C)C(=O)N3CC(=O)NC4C=CC=CC43)c12. The fourth-order valence-corrected chi connectivity index (χ4v) is 4.11. The molecule has 3 unspecified atom stereocenters. The highest BCUT2D eigenvalue weighted by atomic mass is 16.5. The Kier molecular flexibility index (Phi) is 4.60. The number of hydrogen-bond donors (Lipinski definition) is 1. The van der Waals surface area contributed by atoms with Gasteiger partial charge in [-0.1, -0.05) is 29.5 Å². The summed E-state index contributed by atoms with van der Waals surface area (Å²) in [5.74, 6) is -1.01. The van der Waals surface area contributed by atoms with Gasteiger partial charge in [0.25, 0.3) is 11.6 Å². The number of nitrogens with one attached hydrogen (secondary N) is 1. The van der Waals surface area contributed by atoms with Gasteiger partial charge in [-0.05, 0) is 32.8 Å². The molecule has 9 nitrogen and oxygen atoms in total. The van der Waals surface area contributed by atoms with Crippen molar-refractivity contribution in [3.8, 4) is 0 Å². The third kappa shape index (κ3) is 3.49. The van der Waals surface area contributed by atoms with E-state index < -0.39 is 18.0 Å². The first kappa shape index (κ1) is 19.5. The van der Waals surface area contributed by atoms with Gasteiger partial charge in [0.1, 0.15) is 6.54 Å². The average molecular weight is 422 g/mol. The molecule has 1 N–H and O–H groups in total. The molecule has 3 atom stereocenters. The summed E-state index contributed by atoms with van der Waals surface area (Å²) in [5, 5.41) is 7.27. The van der Waals surface area contributed by atoms with Crippen molar-refractivity contribution >= 4 is 28.9 Å². The van der Waals surface area contributed by atoms with Crippen LogP contribution in [-0.4, -0.2) is 57.6 Å². The predicted octanol–water partition coefficient (Wildman–Crippen LogP) is 1.78. The van der Waals surface area contributed by atoms with Crippen LogP contribution in [0.25, 0.3) is 11.1 Å². The zero-order chi connectivity index (χ0) is 21.7. The van der Waals surface area contributed by atoms with E-state index >= 15 is 0 Å². The number of carbonyl (C=O) groups is 3. The molecule has 1 saturated heterocycles. The number of rotatable bonds is 4. The van der Waals surface area contributed by atoms with Gasteiger partial charge in [-0.15, -0.1) is 0 Å². The maximum atomic E-state index is 13.1. The monoisotopic (exact) mass is 422 g/mol. The van der Waals surface area contributed by atoms with E-state index in [1.165, 1.54) is 11.8 Å². The van der Waals surface area contributed by atoms with E-state index in [0.717, 1.165) is 18.5 Å². The van der Waals surface area contributed by atoms with Crippen LogP contribution in [0.4, 0.5) is 0 Å². The number of aryl methyl sites for hydroxylation is 1. The minimum Gasteiger partial charge on any atom is -0.449 e. The Morgan fingerprint density at radius 2 is 2.06 bits per heavy atom. The Morgan fingerprint density at radius 1 is 1.29 bits per heavy atom. The van der Waals surface area contributed by atoms with Crippen LogP contribution in [0.1, 0.15) is 47.4 Å². The molecule has 9 heteroatoms. The molecule has 2 fully saturated rings. The van der Waals surface area contributed by atoms with Crippen LogP contribution in [0.3, 0.4) is 0 Å². The third-order valence-electron chi connectivity index (χ3n) is 5.87. The van der Waals surface area contributed by atoms with Gasteiger partial charge < -0.3 is 19.5 Å². The smallest absolute Gasteiger partial charge is 0.339 e. The van der Waals surface area contributed by atoms with Crippen molar-refractivity contribution < 1.29 is 23.6 Å². The molecule has 1 saturated carbocycles. The van der Waals surface area contributed by atoms with Gasteiger partial charge in [0.05, 0.1) is 28.7 Å². The van der Waals surface area contributed by atoms with E-state index in [9.17, 15) is 14.4 Å². The molecule has 3 aliphatic rings. The predicted molar refractivity (Wildman–Crippen MR) is 109 cm³/mol. The molecule has 160 valence electrons. The van der Waals surface area contributed by atoms with Gasteiger partial charge in [-0.25, -0.2) is 9.78 Å². The summed E-state index contributed by atoms with van der Waals surface area (Å²) in [6.07, 6.45) is 8.30. The van der Waals surface area contributed by atoms with Crippen LogP contribution in [-0.2, 0) is 14.3 Å². The van der Waals surface area contributed by atoms with Crippen molar-refractivity contribution in [2.45, 2.75) is 50.8 Å². The number of esters is 1. The summed E-state index contributed by atoms with van der Waals surface area (Å²) in [5.41, 5.74) is 1.89. The summed E-state index contributed by atoms with van der Waals surface area (Å²) in [7, 11) is 0. The molecule has 31 heavy (non-hydrogen) atoms. The van der Waals surface area contributed by atoms with E-state index in [4.69, 9.17) is 9.26 Å². The van der Waals surface area contributed by atoms with Crippen LogP contribution < -0.4 is 5.32 Å². The second kappa shape index (κ2) is 7.33. The van der Waals surface area contributed by atoms with E-state index in [1.807, 2.05) is 24.3 Å². The highest BCUT2D eigenvalue weighted by Gasteiger charge is 2.38. The lowest BCUT2D eigenvalue weighted by atomic mass is 9.98. The zero-order valence-corrected chi connectivity index (χ0v) is 17.2. The molecule has 0 bridgehead atoms. The number of piperazine rings is 1. The van der Waals surface area contributed by atoms with Crippen molar-refractivity contribution in [3.63, 3.8) is 0 Å². The highest BCUT2D eigenvalue weighted by molar-refractivity contribution is 6.04. The maximum absolute atomic E-state index is 13.1. The largest absolute Gasteiger partial charge is 0.449 e. The molecule has 2 aromatic heterocycles. The number of pyridine rings is 1. The Labute approximate surface area is 178 Å². The second-order valence-electron chi connectivity index (χ2n) is 8.18. The molecular formula is C22H22N4O5. The molecule has 3 heterocycles. The molecule has 0 spiro atoms. The number of amides is 2. The first-order valence-corrected chi connectivity index (χ1v) is 10.3. The molecule has 1 aliphatic heterocycles. The number of ether oxygens (including phenoxy) is 1. The van der Waals surface area contributed by atoms with Crippen molar-refractivity contribution in [3.05, 3.63) is 47.3 Å². The first-order valence-electron chi connectivity index (χ1n) is 10.3. The molecule has 0 radical (unpaired) electrons. The summed E-state index contributed by atoms with van der Waals surface area (Å²) in [6, 6.07) is 1.10. The summed E-state index contributed by atoms with van der Waals surface area (Å²) >= 11 is 0. The van der Waals surface area contributed by atoms with Gasteiger partial charge in [-0.3, -0.25) is 9.59 Å². The lowest BCUT2D eigenvalue weighted by Gasteiger charge is -2.40. The second-order valence-corrected chi connectivity index (χ2v) is 8.18. The Bertz CT molecular complexity index is 1150. The highest BCUT2D eigenvalue weighted by Crippen LogP contribution is 2.40. The van der Waals surface area contributed by atoms with Crippen LogP contribution in [0.2, 0.25) is 0 Å². The third-order valence-corrected chi connectivity index (χ3v) is 5.87. The first-order chi connectivity index (χ1) is 14.9. The molecule has 0 aromatic carbocycles. The average Bonchev–Trinajstić information content (AvgIpc) is 3.55. The number of nitrogens with zero attached hydrogens (tertiary/aromatic N) is 3. The quantitative estimate of drug-likeness (QED) is 0.747. The van der Waals surface area contributed by atoms with Crippen molar-refractivity contribution in [1.82, 2.24) is 20.4 Å². The van der Waals surface area contributed by atoms with E-state index in [2.05, 4.69) is 15.5 Å². The molecule has 2 aromatic rings. The topological polar surface area (TPSA) is 115 Å². The van der Waals surface area contributed by atoms with Crippen molar-refractivity contribution in [1.29, 1.82) is 0 Å². The Hall–Kier alpha value is -3.49. The number of aromatic nitrogens is 2. The van der Waals surface area contributed by atoms with Crippen molar-refractivity contribution in [2.75, 3.05) is 6.54 Å². The van der Waals surface area contributed by atoms with Gasteiger partial charge in [0.2, 0.25) is 5.91 Å². The summed E-state index contributed by atoms with van der Waals surface area (Å²) in [4.78, 5) is 44.1. The molecule has 2 amide bonds. The van der Waals surface area contributed by atoms with Crippen LogP contribution in [0.5, 0.6) is 0 Å². The lowest BCUT2D eigenvalue weighted by Crippen LogP contribution is -2.62. The fraction of sp³-hybridized carbons (Fsp3) is 0.409. The Morgan fingerprint density at radius 3 is 2.84 bits per heavy atom. The van der Waals surface area contributed by atoms with Crippen molar-refractivity contribution in [2.24, 2.45) is 0 Å². The fourth-order valence-electron chi connectivity index (χ4n) is 4.11. The van der Waals surface area contributed by atoms with Gasteiger partial charge >= 0.3 is 5.97 Å². The lowest BCUT2D eigenvalue weighted by molar-refractivity contribution is -0.147. The minimum atomic E-state index is -1.06. The van der Waals surface area contributed by atoms with Crippen LogP contribution in [0, 0.1) is 6.92 Å². The zero-order valence-electron chi connectivity index (χ0n) is 17.2. The Balaban J connectivity index is 1.38. The maximum Gasteiger partial charge on any atom is 0.339 e. The number of allylic oxidation sites excluding steroid dienone is 2. The molecule has 2 aliphatic carbocycles. The normalized spacial score (nSPS) is 23.4. The number of hydrogen-bond acceptors (Lipinski definition) is 7. The number of fused-ring (bicyclic) bond motifs is 2. The standard InChI is InChI=1S/C22H22N4O5/c1-11-19-14(9-16(13-7-8-13)24-20(19)31-25-11)22(29)30-12(2)21(28)26-10-18(27)23-15-5-3-4-6-17(15)26/h3-6,9,12-13,15,17H,7-8,10H2,1-2H3,(H,23,27). The van der Waals surface area contributed by atoms with Gasteiger partial charge in [0.15, 0.2) is 6.10 Å². The van der Waals surface area contributed by atoms with Crippen LogP contribution in [0.15, 0.2) is 34.9 Å². The number of carbonyl (C=O) groups excluding carboxylic acids is 3. The molecular weight excluding hydrogens is 400 g/mol. The van der Waals surface area contributed by atoms with Crippen LogP contribution >= 0.6 is 0 Å². The summed E-state index contributed by atoms with van der Waals surface area (Å²) in [6.45, 7) is 3.16. The van der Waals surface area contributed by atoms with E-state index in [0.29, 0.717) is 28.3 Å².